The standard InChI is InChI=1S/C21H18FN7O2/c1-28-20(30)14(4-6-26-28)16-10-25-21(29-11-12(8-23)27-19(16)29)24-9-15-13-5-7-31-18(13)3-2-17(15)22/h2-4,6,10-11,20,30H,5,7,9H2,1H3,(H,24,25). The van der Waals surface area contributed by atoms with Crippen LogP contribution in [0.2, 0.25) is 0 Å². The number of hydrogen-bond donors (Lipinski definition) is 2. The van der Waals surface area contributed by atoms with Gasteiger partial charge in [0, 0.05) is 54.7 Å². The number of hydrogen-bond acceptors (Lipinski definition) is 8. The summed E-state index contributed by atoms with van der Waals surface area (Å²) in [6.45, 7) is 0.728. The fourth-order valence-electron chi connectivity index (χ4n) is 3.84. The number of nitrogens with zero attached hydrogens (tertiary/aromatic N) is 6. The van der Waals surface area contributed by atoms with Crippen LogP contribution in [0.3, 0.4) is 0 Å². The molecule has 9 nitrogen and oxygen atoms in total. The minimum atomic E-state index is -0.974. The zero-order chi connectivity index (χ0) is 21.5. The average Bonchev–Trinajstić information content (AvgIpc) is 3.42. The molecular formula is C21H18FN7O2. The van der Waals surface area contributed by atoms with Crippen molar-refractivity contribution in [3.8, 4) is 11.8 Å². The van der Waals surface area contributed by atoms with E-state index in [2.05, 4.69) is 20.4 Å². The van der Waals surface area contributed by atoms with Crippen LogP contribution >= 0.6 is 0 Å². The molecule has 0 bridgehead atoms. The van der Waals surface area contributed by atoms with Crippen LogP contribution in [0.25, 0.3) is 11.2 Å². The normalized spacial score (nSPS) is 17.3. The lowest BCUT2D eigenvalue weighted by Crippen LogP contribution is -2.30. The molecule has 1 atom stereocenters. The Labute approximate surface area is 176 Å². The molecule has 0 fully saturated rings. The first-order chi connectivity index (χ1) is 15.1. The van der Waals surface area contributed by atoms with Crippen LogP contribution in [0.15, 0.2) is 35.7 Å². The third-order valence-corrected chi connectivity index (χ3v) is 5.42. The highest BCUT2D eigenvalue weighted by molar-refractivity contribution is 5.90. The summed E-state index contributed by atoms with van der Waals surface area (Å²) >= 11 is 0. The van der Waals surface area contributed by atoms with Crippen LogP contribution in [0, 0.1) is 17.1 Å². The number of likely N-dealkylation sites (N-methyl/N-ethyl adjacent to an activating group) is 1. The number of nitriles is 1. The van der Waals surface area contributed by atoms with E-state index in [1.54, 1.807) is 42.2 Å². The molecule has 2 aliphatic heterocycles. The molecule has 1 aromatic carbocycles. The lowest BCUT2D eigenvalue weighted by atomic mass is 10.0. The Balaban J connectivity index is 1.54. The molecule has 0 saturated heterocycles. The topological polar surface area (TPSA) is 111 Å². The van der Waals surface area contributed by atoms with Gasteiger partial charge in [-0.05, 0) is 18.2 Å². The molecular weight excluding hydrogens is 401 g/mol. The van der Waals surface area contributed by atoms with Crippen LogP contribution in [-0.4, -0.2) is 50.6 Å². The number of halogens is 1. The van der Waals surface area contributed by atoms with E-state index in [9.17, 15) is 14.8 Å². The number of anilines is 1. The zero-order valence-corrected chi connectivity index (χ0v) is 16.6. The van der Waals surface area contributed by atoms with Gasteiger partial charge in [-0.1, -0.05) is 0 Å². The number of aliphatic hydroxyl groups is 1. The predicted molar refractivity (Wildman–Crippen MR) is 111 cm³/mol. The SMILES string of the molecule is CN1N=CC=C(c2cnc(NCc3c(F)ccc4c3CCO4)n3cc(C#N)nc23)C1O. The van der Waals surface area contributed by atoms with Gasteiger partial charge in [-0.15, -0.1) is 0 Å². The van der Waals surface area contributed by atoms with E-state index in [-0.39, 0.29) is 18.1 Å². The molecule has 0 spiro atoms. The average molecular weight is 419 g/mol. The molecule has 2 N–H and O–H groups in total. The van der Waals surface area contributed by atoms with Crippen LogP contribution in [0.5, 0.6) is 5.75 Å². The molecule has 2 aromatic heterocycles. The number of imidazole rings is 1. The number of nitrogens with one attached hydrogen (secondary N) is 1. The summed E-state index contributed by atoms with van der Waals surface area (Å²) in [5.74, 6) is 0.785. The first kappa shape index (κ1) is 19.0. The monoisotopic (exact) mass is 419 g/mol. The van der Waals surface area contributed by atoms with Crippen molar-refractivity contribution in [2.75, 3.05) is 19.0 Å². The predicted octanol–water partition coefficient (Wildman–Crippen LogP) is 1.92. The van der Waals surface area contributed by atoms with E-state index >= 15 is 0 Å². The fraction of sp³-hybridized carbons (Fsp3) is 0.238. The number of aromatic nitrogens is 3. The molecule has 156 valence electrons. The maximum absolute atomic E-state index is 14.5. The summed E-state index contributed by atoms with van der Waals surface area (Å²) in [5, 5.41) is 28.4. The second kappa shape index (κ2) is 7.37. The number of hydrazone groups is 1. The fourth-order valence-corrected chi connectivity index (χ4v) is 3.84. The molecule has 31 heavy (non-hydrogen) atoms. The van der Waals surface area contributed by atoms with Crippen molar-refractivity contribution in [2.45, 2.75) is 19.2 Å². The second-order valence-electron chi connectivity index (χ2n) is 7.22. The quantitative estimate of drug-likeness (QED) is 0.665. The van der Waals surface area contributed by atoms with E-state index < -0.39 is 6.23 Å². The van der Waals surface area contributed by atoms with E-state index in [0.717, 1.165) is 5.56 Å². The van der Waals surface area contributed by atoms with Gasteiger partial charge in [-0.3, -0.25) is 9.41 Å². The molecule has 10 heteroatoms. The summed E-state index contributed by atoms with van der Waals surface area (Å²) in [6.07, 6.45) is 6.05. The molecule has 0 radical (unpaired) electrons. The zero-order valence-electron chi connectivity index (χ0n) is 16.6. The Kier molecular flexibility index (Phi) is 4.52. The maximum atomic E-state index is 14.5. The molecule has 4 heterocycles. The number of benzene rings is 1. The van der Waals surface area contributed by atoms with Gasteiger partial charge < -0.3 is 15.2 Å². The Morgan fingerprint density at radius 2 is 2.29 bits per heavy atom. The Bertz CT molecular complexity index is 1290. The van der Waals surface area contributed by atoms with Crippen molar-refractivity contribution in [1.29, 1.82) is 5.26 Å². The molecule has 2 aliphatic rings. The van der Waals surface area contributed by atoms with Crippen molar-refractivity contribution >= 4 is 23.4 Å². The van der Waals surface area contributed by atoms with Crippen LogP contribution in [-0.2, 0) is 13.0 Å². The molecule has 0 aliphatic carbocycles. The summed E-state index contributed by atoms with van der Waals surface area (Å²) in [7, 11) is 1.65. The molecule has 5 rings (SSSR count). The number of aliphatic hydroxyl groups excluding tert-OH is 1. The lowest BCUT2D eigenvalue weighted by Gasteiger charge is -2.25. The van der Waals surface area contributed by atoms with E-state index in [0.29, 0.717) is 47.1 Å². The first-order valence-corrected chi connectivity index (χ1v) is 9.67. The maximum Gasteiger partial charge on any atom is 0.208 e. The molecule has 0 saturated carbocycles. The highest BCUT2D eigenvalue weighted by Gasteiger charge is 2.24. The van der Waals surface area contributed by atoms with Gasteiger partial charge in [0.2, 0.25) is 5.95 Å². The number of ether oxygens (including phenoxy) is 1. The summed E-state index contributed by atoms with van der Waals surface area (Å²) < 4.78 is 21.6. The summed E-state index contributed by atoms with van der Waals surface area (Å²) in [4.78, 5) is 8.83. The van der Waals surface area contributed by atoms with Crippen molar-refractivity contribution in [3.63, 3.8) is 0 Å². The first-order valence-electron chi connectivity index (χ1n) is 9.67. The largest absolute Gasteiger partial charge is 0.493 e. The number of allylic oxidation sites excluding steroid dienone is 1. The summed E-state index contributed by atoms with van der Waals surface area (Å²) in [6, 6.07) is 5.07. The van der Waals surface area contributed by atoms with Gasteiger partial charge >= 0.3 is 0 Å². The van der Waals surface area contributed by atoms with Crippen LogP contribution in [0.1, 0.15) is 22.4 Å². The van der Waals surface area contributed by atoms with Gasteiger partial charge in [0.1, 0.15) is 23.3 Å². The van der Waals surface area contributed by atoms with Crippen LogP contribution in [0.4, 0.5) is 10.3 Å². The van der Waals surface area contributed by atoms with Gasteiger partial charge in [0.05, 0.1) is 12.8 Å². The Morgan fingerprint density at radius 1 is 1.42 bits per heavy atom. The number of fused-ring (bicyclic) bond motifs is 2. The van der Waals surface area contributed by atoms with E-state index in [4.69, 9.17) is 4.74 Å². The van der Waals surface area contributed by atoms with Crippen molar-refractivity contribution in [3.05, 3.63) is 58.8 Å². The van der Waals surface area contributed by atoms with Gasteiger partial charge in [0.25, 0.3) is 0 Å². The molecule has 0 amide bonds. The highest BCUT2D eigenvalue weighted by atomic mass is 19.1. The van der Waals surface area contributed by atoms with E-state index in [1.165, 1.54) is 11.1 Å². The third-order valence-electron chi connectivity index (χ3n) is 5.42. The second-order valence-corrected chi connectivity index (χ2v) is 7.22. The minimum Gasteiger partial charge on any atom is -0.493 e. The van der Waals surface area contributed by atoms with Crippen LogP contribution < -0.4 is 10.1 Å². The lowest BCUT2D eigenvalue weighted by molar-refractivity contribution is 0.0729. The van der Waals surface area contributed by atoms with Crippen molar-refractivity contribution in [2.24, 2.45) is 5.10 Å². The highest BCUT2D eigenvalue weighted by Crippen LogP contribution is 2.31. The smallest absolute Gasteiger partial charge is 0.208 e. The Morgan fingerprint density at radius 3 is 3.13 bits per heavy atom. The minimum absolute atomic E-state index is 0.195. The van der Waals surface area contributed by atoms with E-state index in [1.807, 2.05) is 6.07 Å². The number of rotatable bonds is 4. The van der Waals surface area contributed by atoms with Crippen molar-refractivity contribution in [1.82, 2.24) is 19.4 Å². The van der Waals surface area contributed by atoms with Gasteiger partial charge in [-0.25, -0.2) is 14.4 Å². The van der Waals surface area contributed by atoms with Gasteiger partial charge in [0.15, 0.2) is 11.9 Å². The van der Waals surface area contributed by atoms with Gasteiger partial charge in [-0.2, -0.15) is 10.4 Å². The third kappa shape index (κ3) is 3.15. The molecule has 1 unspecified atom stereocenters. The Hall–Kier alpha value is -3.97. The van der Waals surface area contributed by atoms with Crippen molar-refractivity contribution < 1.29 is 14.2 Å². The molecule has 3 aromatic rings. The summed E-state index contributed by atoms with van der Waals surface area (Å²) in [5.41, 5.74) is 3.15.